The normalized spacial score (nSPS) is 18.1. The fourth-order valence-electron chi connectivity index (χ4n) is 3.62. The molecule has 0 unspecified atom stereocenters. The van der Waals surface area contributed by atoms with Crippen LogP contribution < -0.4 is 5.32 Å². The van der Waals surface area contributed by atoms with Gasteiger partial charge in [0.2, 0.25) is 11.1 Å². The summed E-state index contributed by atoms with van der Waals surface area (Å²) in [4.78, 5) is 17.4. The number of carbonyl (C=O) groups is 1. The van der Waals surface area contributed by atoms with Crippen molar-refractivity contribution in [1.29, 1.82) is 0 Å². The van der Waals surface area contributed by atoms with Crippen molar-refractivity contribution in [1.82, 2.24) is 20.5 Å². The van der Waals surface area contributed by atoms with Gasteiger partial charge in [0.1, 0.15) is 11.4 Å². The molecule has 2 aromatic carbocycles. The number of benzene rings is 2. The Kier molecular flexibility index (Phi) is 6.81. The van der Waals surface area contributed by atoms with E-state index in [1.165, 1.54) is 11.8 Å². The molecule has 1 aliphatic rings. The quantitative estimate of drug-likeness (QED) is 0.536. The van der Waals surface area contributed by atoms with E-state index < -0.39 is 15.1 Å². The van der Waals surface area contributed by atoms with Crippen LogP contribution in [-0.2, 0) is 14.6 Å². The molecule has 2 heterocycles. The van der Waals surface area contributed by atoms with E-state index in [4.69, 9.17) is 4.98 Å². The van der Waals surface area contributed by atoms with Gasteiger partial charge in [0.05, 0.1) is 16.8 Å². The molecule has 7 nitrogen and oxygen atoms in total. The molecule has 9 heteroatoms. The van der Waals surface area contributed by atoms with Gasteiger partial charge in [0.25, 0.3) is 0 Å². The van der Waals surface area contributed by atoms with Crippen LogP contribution in [0.5, 0.6) is 0 Å². The number of hydrogen-bond donors (Lipinski definition) is 1. The van der Waals surface area contributed by atoms with Crippen LogP contribution in [0.2, 0.25) is 0 Å². The van der Waals surface area contributed by atoms with E-state index in [9.17, 15) is 13.2 Å². The van der Waals surface area contributed by atoms with Crippen molar-refractivity contribution in [3.63, 3.8) is 0 Å². The highest BCUT2D eigenvalue weighted by atomic mass is 32.2. The highest BCUT2D eigenvalue weighted by molar-refractivity contribution is 8.00. The second-order valence-electron chi connectivity index (χ2n) is 8.39. The molecule has 4 rings (SSSR count). The summed E-state index contributed by atoms with van der Waals surface area (Å²) in [6.07, 6.45) is 0.451. The zero-order valence-electron chi connectivity index (χ0n) is 18.8. The lowest BCUT2D eigenvalue weighted by Crippen LogP contribution is -2.40. The smallest absolute Gasteiger partial charge is 0.233 e. The Morgan fingerprint density at radius 2 is 1.55 bits per heavy atom. The molecule has 1 aliphatic heterocycles. The molecule has 1 saturated heterocycles. The van der Waals surface area contributed by atoms with Gasteiger partial charge in [-0.2, -0.15) is 0 Å². The summed E-state index contributed by atoms with van der Waals surface area (Å²) in [5, 5.41) is 11.5. The number of thioether (sulfide) groups is 1. The average molecular weight is 483 g/mol. The molecule has 2 atom stereocenters. The van der Waals surface area contributed by atoms with Crippen LogP contribution in [0, 0.1) is 13.8 Å². The lowest BCUT2D eigenvalue weighted by molar-refractivity contribution is -0.120. The highest BCUT2D eigenvalue weighted by Gasteiger charge is 2.30. The first-order valence-corrected chi connectivity index (χ1v) is 13.5. The van der Waals surface area contributed by atoms with Crippen molar-refractivity contribution in [2.45, 2.75) is 43.6 Å². The molecular formula is C24H26N4O3S2. The molecule has 1 aromatic heterocycles. The summed E-state index contributed by atoms with van der Waals surface area (Å²) in [6, 6.07) is 15.8. The van der Waals surface area contributed by atoms with Crippen LogP contribution in [0.15, 0.2) is 53.7 Å². The number of aromatic nitrogens is 3. The number of aryl methyl sites for hydroxylation is 2. The lowest BCUT2D eigenvalue weighted by atomic mass is 10.0. The van der Waals surface area contributed by atoms with Crippen molar-refractivity contribution in [3.8, 4) is 22.5 Å². The van der Waals surface area contributed by atoms with Crippen molar-refractivity contribution in [2.24, 2.45) is 0 Å². The maximum absolute atomic E-state index is 12.6. The molecule has 0 radical (unpaired) electrons. The van der Waals surface area contributed by atoms with Crippen LogP contribution in [-0.4, -0.2) is 52.3 Å². The largest absolute Gasteiger partial charge is 0.351 e. The summed E-state index contributed by atoms with van der Waals surface area (Å²) in [6.45, 7) is 5.81. The minimum atomic E-state index is -3.06. The number of rotatable bonds is 6. The van der Waals surface area contributed by atoms with Gasteiger partial charge in [-0.3, -0.25) is 4.79 Å². The molecule has 0 spiro atoms. The Morgan fingerprint density at radius 3 is 2.09 bits per heavy atom. The van der Waals surface area contributed by atoms with Crippen molar-refractivity contribution in [2.75, 3.05) is 11.5 Å². The van der Waals surface area contributed by atoms with Crippen LogP contribution in [0.1, 0.15) is 24.5 Å². The number of sulfone groups is 1. The first-order valence-electron chi connectivity index (χ1n) is 10.8. The second kappa shape index (κ2) is 9.61. The van der Waals surface area contributed by atoms with E-state index in [0.29, 0.717) is 23.0 Å². The Hall–Kier alpha value is -2.78. The number of nitrogens with one attached hydrogen (secondary N) is 1. The highest BCUT2D eigenvalue weighted by Crippen LogP contribution is 2.31. The topological polar surface area (TPSA) is 102 Å². The number of nitrogens with zero attached hydrogens (tertiary/aromatic N) is 3. The molecule has 1 fully saturated rings. The van der Waals surface area contributed by atoms with Gasteiger partial charge in [-0.25, -0.2) is 13.4 Å². The molecule has 0 bridgehead atoms. The molecule has 1 N–H and O–H groups in total. The van der Waals surface area contributed by atoms with Crippen LogP contribution in [0.4, 0.5) is 0 Å². The van der Waals surface area contributed by atoms with Crippen molar-refractivity contribution in [3.05, 3.63) is 59.7 Å². The van der Waals surface area contributed by atoms with E-state index in [0.717, 1.165) is 22.3 Å². The Morgan fingerprint density at radius 1 is 0.970 bits per heavy atom. The standard InChI is InChI=1S/C24H26N4O3S2/c1-15-4-8-18(9-5-15)21-22(19-10-6-16(2)7-11-19)27-28-24(26-21)32-17(3)23(29)25-20-12-13-33(30,31)14-20/h4-11,17,20H,12-14H2,1-3H3,(H,25,29)/t17-,20-/m0/s1. The fourth-order valence-corrected chi connectivity index (χ4v) is 6.02. The molecule has 1 amide bonds. The van der Waals surface area contributed by atoms with Gasteiger partial charge in [0, 0.05) is 17.2 Å². The SMILES string of the molecule is Cc1ccc(-c2nnc(S[C@@H](C)C(=O)N[C@H]3CCS(=O)(=O)C3)nc2-c2ccc(C)cc2)cc1. The van der Waals surface area contributed by atoms with Gasteiger partial charge in [-0.15, -0.1) is 10.2 Å². The van der Waals surface area contributed by atoms with Gasteiger partial charge < -0.3 is 5.32 Å². The third-order valence-corrected chi connectivity index (χ3v) is 8.27. The maximum atomic E-state index is 12.6. The van der Waals surface area contributed by atoms with Crippen molar-refractivity contribution < 1.29 is 13.2 Å². The summed E-state index contributed by atoms with van der Waals surface area (Å²) < 4.78 is 23.3. The van der Waals surface area contributed by atoms with Gasteiger partial charge in [-0.05, 0) is 27.2 Å². The van der Waals surface area contributed by atoms with Crippen LogP contribution >= 0.6 is 11.8 Å². The minimum absolute atomic E-state index is 0.00298. The third-order valence-electron chi connectivity index (χ3n) is 5.55. The third kappa shape index (κ3) is 5.78. The summed E-state index contributed by atoms with van der Waals surface area (Å²) in [7, 11) is -3.06. The molecule has 3 aromatic rings. The van der Waals surface area contributed by atoms with E-state index in [1.54, 1.807) is 6.92 Å². The van der Waals surface area contributed by atoms with E-state index in [1.807, 2.05) is 62.4 Å². The minimum Gasteiger partial charge on any atom is -0.351 e. The first kappa shape index (κ1) is 23.4. The zero-order valence-corrected chi connectivity index (χ0v) is 20.4. The maximum Gasteiger partial charge on any atom is 0.233 e. The molecule has 33 heavy (non-hydrogen) atoms. The number of carbonyl (C=O) groups excluding carboxylic acids is 1. The van der Waals surface area contributed by atoms with Gasteiger partial charge in [0.15, 0.2) is 9.84 Å². The summed E-state index contributed by atoms with van der Waals surface area (Å²) in [5.74, 6) is -0.116. The van der Waals surface area contributed by atoms with E-state index in [2.05, 4.69) is 15.5 Å². The van der Waals surface area contributed by atoms with Gasteiger partial charge in [-0.1, -0.05) is 71.4 Å². The summed E-state index contributed by atoms with van der Waals surface area (Å²) >= 11 is 1.21. The van der Waals surface area contributed by atoms with Crippen LogP contribution in [0.25, 0.3) is 22.5 Å². The average Bonchev–Trinajstić information content (AvgIpc) is 3.13. The van der Waals surface area contributed by atoms with Gasteiger partial charge >= 0.3 is 0 Å². The Balaban J connectivity index is 1.58. The Bertz CT molecular complexity index is 1260. The van der Waals surface area contributed by atoms with E-state index in [-0.39, 0.29) is 23.5 Å². The molecular weight excluding hydrogens is 456 g/mol. The number of hydrogen-bond acceptors (Lipinski definition) is 7. The fraction of sp³-hybridized carbons (Fsp3) is 0.333. The Labute approximate surface area is 198 Å². The van der Waals surface area contributed by atoms with Crippen LogP contribution in [0.3, 0.4) is 0 Å². The zero-order chi connectivity index (χ0) is 23.6. The summed E-state index contributed by atoms with van der Waals surface area (Å²) in [5.41, 5.74) is 5.51. The molecule has 172 valence electrons. The molecule has 0 aliphatic carbocycles. The lowest BCUT2D eigenvalue weighted by Gasteiger charge is -2.15. The van der Waals surface area contributed by atoms with E-state index >= 15 is 0 Å². The predicted molar refractivity (Wildman–Crippen MR) is 131 cm³/mol. The molecule has 0 saturated carbocycles. The predicted octanol–water partition coefficient (Wildman–Crippen LogP) is 3.61. The monoisotopic (exact) mass is 482 g/mol. The van der Waals surface area contributed by atoms with Crippen molar-refractivity contribution >= 4 is 27.5 Å². The first-order chi connectivity index (χ1) is 15.7. The second-order valence-corrected chi connectivity index (χ2v) is 11.9. The number of amides is 1.